The van der Waals surface area contributed by atoms with Crippen LogP contribution in [0.1, 0.15) is 65.5 Å². The quantitative estimate of drug-likeness (QED) is 0.712. The van der Waals surface area contributed by atoms with Crippen molar-refractivity contribution in [2.75, 3.05) is 6.54 Å². The third kappa shape index (κ3) is 3.43. The van der Waals surface area contributed by atoms with E-state index in [2.05, 4.69) is 13.8 Å². The molecule has 1 amide bonds. The summed E-state index contributed by atoms with van der Waals surface area (Å²) < 4.78 is 18.5. The zero-order chi connectivity index (χ0) is 20.3. The Hall–Kier alpha value is -1.95. The maximum Gasteiger partial charge on any atom is 0.410 e. The summed E-state index contributed by atoms with van der Waals surface area (Å²) in [5, 5.41) is 9.85. The highest BCUT2D eigenvalue weighted by Gasteiger charge is 2.53. The van der Waals surface area contributed by atoms with Gasteiger partial charge in [0.2, 0.25) is 0 Å². The molecular weight excluding hydrogens is 358 g/mol. The van der Waals surface area contributed by atoms with Crippen LogP contribution >= 0.6 is 0 Å². The molecule has 0 aliphatic carbocycles. The zero-order valence-electron chi connectivity index (χ0n) is 17.4. The van der Waals surface area contributed by atoms with Crippen LogP contribution in [0.25, 0.3) is 0 Å². The topological polar surface area (TPSA) is 68.2 Å². The SMILES string of the molecule is CC(C)(C)OC(=O)N1CCC[C@H]2O[C@H]3c4ccc(O)cc4OC(C)(C)[C@@H]3C[C@H]21. The van der Waals surface area contributed by atoms with Crippen LogP contribution in [0.5, 0.6) is 11.5 Å². The van der Waals surface area contributed by atoms with E-state index in [0.717, 1.165) is 24.8 Å². The lowest BCUT2D eigenvalue weighted by molar-refractivity contribution is -0.186. The van der Waals surface area contributed by atoms with Crippen molar-refractivity contribution in [2.24, 2.45) is 5.92 Å². The number of phenolic OH excluding ortho intramolecular Hbond substituents is 1. The minimum atomic E-state index is -0.518. The number of nitrogens with zero attached hydrogens (tertiary/aromatic N) is 1. The van der Waals surface area contributed by atoms with Crippen LogP contribution in [-0.4, -0.2) is 46.0 Å². The predicted octanol–water partition coefficient (Wildman–Crippen LogP) is 4.41. The number of fused-ring (bicyclic) bond motifs is 4. The van der Waals surface area contributed by atoms with E-state index in [1.165, 1.54) is 0 Å². The van der Waals surface area contributed by atoms with Gasteiger partial charge in [0.05, 0.1) is 18.2 Å². The van der Waals surface area contributed by atoms with Gasteiger partial charge in [0.15, 0.2) is 0 Å². The Morgan fingerprint density at radius 1 is 1.32 bits per heavy atom. The van der Waals surface area contributed by atoms with Gasteiger partial charge in [-0.3, -0.25) is 0 Å². The molecule has 0 bridgehead atoms. The van der Waals surface area contributed by atoms with Gasteiger partial charge in [-0.15, -0.1) is 0 Å². The number of aromatic hydroxyl groups is 1. The number of hydrogen-bond donors (Lipinski definition) is 1. The molecule has 4 rings (SSSR count). The van der Waals surface area contributed by atoms with Crippen molar-refractivity contribution in [1.82, 2.24) is 4.90 Å². The molecule has 2 fully saturated rings. The minimum Gasteiger partial charge on any atom is -0.508 e. The van der Waals surface area contributed by atoms with Gasteiger partial charge in [-0.25, -0.2) is 4.79 Å². The van der Waals surface area contributed by atoms with E-state index in [1.807, 2.05) is 31.7 Å². The van der Waals surface area contributed by atoms with Crippen LogP contribution in [0.2, 0.25) is 0 Å². The summed E-state index contributed by atoms with van der Waals surface area (Å²) in [7, 11) is 0. The van der Waals surface area contributed by atoms with E-state index < -0.39 is 11.2 Å². The van der Waals surface area contributed by atoms with E-state index >= 15 is 0 Å². The summed E-state index contributed by atoms with van der Waals surface area (Å²) in [6.45, 7) is 10.5. The molecule has 4 atom stereocenters. The highest BCUT2D eigenvalue weighted by molar-refractivity contribution is 5.69. The van der Waals surface area contributed by atoms with Gasteiger partial charge in [0, 0.05) is 24.1 Å². The first kappa shape index (κ1) is 19.4. The number of benzene rings is 1. The number of hydrogen-bond acceptors (Lipinski definition) is 5. The Morgan fingerprint density at radius 2 is 2.07 bits per heavy atom. The maximum absolute atomic E-state index is 12.8. The molecule has 0 saturated carbocycles. The van der Waals surface area contributed by atoms with Crippen molar-refractivity contribution >= 4 is 6.09 Å². The fourth-order valence-corrected chi connectivity index (χ4v) is 4.82. The summed E-state index contributed by atoms with van der Waals surface area (Å²) in [5.41, 5.74) is -0.000962. The monoisotopic (exact) mass is 389 g/mol. The van der Waals surface area contributed by atoms with Crippen LogP contribution < -0.4 is 4.74 Å². The maximum atomic E-state index is 12.8. The number of amides is 1. The zero-order valence-corrected chi connectivity index (χ0v) is 17.4. The molecule has 3 aliphatic rings. The van der Waals surface area contributed by atoms with Crippen LogP contribution in [-0.2, 0) is 9.47 Å². The van der Waals surface area contributed by atoms with Crippen LogP contribution in [0.15, 0.2) is 18.2 Å². The second kappa shape index (κ2) is 6.55. The second-order valence-electron chi connectivity index (χ2n) is 9.75. The third-order valence-corrected chi connectivity index (χ3v) is 6.10. The fraction of sp³-hybridized carbons (Fsp3) is 0.682. The molecule has 0 unspecified atom stereocenters. The van der Waals surface area contributed by atoms with Gasteiger partial charge in [-0.1, -0.05) is 0 Å². The van der Waals surface area contributed by atoms with E-state index in [0.29, 0.717) is 12.3 Å². The summed E-state index contributed by atoms with van der Waals surface area (Å²) in [4.78, 5) is 14.7. The molecule has 2 saturated heterocycles. The van der Waals surface area contributed by atoms with Gasteiger partial charge < -0.3 is 24.2 Å². The van der Waals surface area contributed by atoms with Gasteiger partial charge in [0.1, 0.15) is 22.7 Å². The molecule has 6 heteroatoms. The molecule has 3 aliphatic heterocycles. The Labute approximate surface area is 166 Å². The summed E-state index contributed by atoms with van der Waals surface area (Å²) >= 11 is 0. The third-order valence-electron chi connectivity index (χ3n) is 6.10. The van der Waals surface area contributed by atoms with Gasteiger partial charge in [-0.2, -0.15) is 0 Å². The molecule has 1 N–H and O–H groups in total. The lowest BCUT2D eigenvalue weighted by Gasteiger charge is -2.54. The van der Waals surface area contributed by atoms with Crippen molar-refractivity contribution in [1.29, 1.82) is 0 Å². The van der Waals surface area contributed by atoms with E-state index in [9.17, 15) is 9.90 Å². The van der Waals surface area contributed by atoms with Crippen molar-refractivity contribution < 1.29 is 24.1 Å². The Balaban J connectivity index is 1.63. The highest BCUT2D eigenvalue weighted by atomic mass is 16.6. The molecule has 3 heterocycles. The van der Waals surface area contributed by atoms with Crippen molar-refractivity contribution in [3.8, 4) is 11.5 Å². The van der Waals surface area contributed by atoms with E-state index in [4.69, 9.17) is 14.2 Å². The lowest BCUT2D eigenvalue weighted by Crippen LogP contribution is -2.60. The number of rotatable bonds is 0. The van der Waals surface area contributed by atoms with E-state index in [-0.39, 0.29) is 36.0 Å². The minimum absolute atomic E-state index is 0.00797. The van der Waals surface area contributed by atoms with Crippen LogP contribution in [0.4, 0.5) is 4.79 Å². The number of phenols is 1. The van der Waals surface area contributed by atoms with Crippen molar-refractivity contribution in [2.45, 2.75) is 83.3 Å². The second-order valence-corrected chi connectivity index (χ2v) is 9.75. The van der Waals surface area contributed by atoms with Gasteiger partial charge >= 0.3 is 6.09 Å². The molecule has 6 nitrogen and oxygen atoms in total. The van der Waals surface area contributed by atoms with Gasteiger partial charge in [-0.05, 0) is 66.0 Å². The van der Waals surface area contributed by atoms with Crippen LogP contribution in [0.3, 0.4) is 0 Å². The van der Waals surface area contributed by atoms with Gasteiger partial charge in [0.25, 0.3) is 0 Å². The first-order valence-electron chi connectivity index (χ1n) is 10.2. The van der Waals surface area contributed by atoms with E-state index in [1.54, 1.807) is 12.1 Å². The van der Waals surface area contributed by atoms with Crippen molar-refractivity contribution in [3.63, 3.8) is 0 Å². The van der Waals surface area contributed by atoms with Crippen molar-refractivity contribution in [3.05, 3.63) is 23.8 Å². The smallest absolute Gasteiger partial charge is 0.410 e. The summed E-state index contributed by atoms with van der Waals surface area (Å²) in [5.74, 6) is 0.980. The number of likely N-dealkylation sites (tertiary alicyclic amines) is 1. The molecule has 0 radical (unpaired) electrons. The Morgan fingerprint density at radius 3 is 2.79 bits per heavy atom. The first-order valence-corrected chi connectivity index (χ1v) is 10.2. The number of piperidine rings is 1. The molecule has 0 spiro atoms. The molecule has 0 aromatic heterocycles. The average molecular weight is 389 g/mol. The highest BCUT2D eigenvalue weighted by Crippen LogP contribution is 2.53. The Kier molecular flexibility index (Phi) is 4.53. The predicted molar refractivity (Wildman–Crippen MR) is 104 cm³/mol. The van der Waals surface area contributed by atoms with Crippen LogP contribution in [0, 0.1) is 5.92 Å². The molecule has 154 valence electrons. The molecular formula is C22H31NO5. The first-order chi connectivity index (χ1) is 13.0. The largest absolute Gasteiger partial charge is 0.508 e. The molecule has 1 aromatic rings. The summed E-state index contributed by atoms with van der Waals surface area (Å²) in [6.07, 6.45) is 2.27. The average Bonchev–Trinajstić information content (AvgIpc) is 2.57. The fourth-order valence-electron chi connectivity index (χ4n) is 4.82. The lowest BCUT2D eigenvalue weighted by atomic mass is 9.72. The summed E-state index contributed by atoms with van der Waals surface area (Å²) in [6, 6.07) is 5.23. The number of carbonyl (C=O) groups is 1. The number of carbonyl (C=O) groups excluding carboxylic acids is 1. The molecule has 1 aromatic carbocycles. The Bertz CT molecular complexity index is 769. The number of ether oxygens (including phenoxy) is 3. The standard InChI is InChI=1S/C22H31NO5/c1-21(2,3)28-20(25)23-10-6-7-17-16(23)12-15-19(26-17)14-9-8-13(24)11-18(14)27-22(15,4)5/h8-9,11,15-17,19,24H,6-7,10,12H2,1-5H3/t15-,16-,17-,19+/m1/s1. The normalized spacial score (nSPS) is 31.1. The molecule has 28 heavy (non-hydrogen) atoms.